The van der Waals surface area contributed by atoms with Gasteiger partial charge in [-0.25, -0.2) is 19.0 Å². The number of hydrogen-bond donors (Lipinski definition) is 1. The van der Waals surface area contributed by atoms with Gasteiger partial charge in [0.2, 0.25) is 5.89 Å². The van der Waals surface area contributed by atoms with Gasteiger partial charge in [-0.1, -0.05) is 0 Å². The summed E-state index contributed by atoms with van der Waals surface area (Å²) in [5, 5.41) is 7.65. The molecule has 0 saturated heterocycles. The van der Waals surface area contributed by atoms with E-state index in [-0.39, 0.29) is 5.82 Å². The van der Waals surface area contributed by atoms with Crippen molar-refractivity contribution in [3.8, 4) is 11.3 Å². The number of nitrogens with zero attached hydrogens (tertiary/aromatic N) is 4. The van der Waals surface area contributed by atoms with Gasteiger partial charge in [-0.15, -0.1) is 0 Å². The lowest BCUT2D eigenvalue weighted by Gasteiger charge is -2.22. The molecule has 0 radical (unpaired) electrons. The average Bonchev–Trinajstić information content (AvgIpc) is 3.22. The Labute approximate surface area is 132 Å². The van der Waals surface area contributed by atoms with Gasteiger partial charge in [0.25, 0.3) is 0 Å². The minimum Gasteiger partial charge on any atom is -0.439 e. The number of hydrogen-bond acceptors (Lipinski definition) is 5. The Morgan fingerprint density at radius 1 is 1.26 bits per heavy atom. The number of nitrogens with one attached hydrogen (secondary N) is 1. The van der Waals surface area contributed by atoms with Gasteiger partial charge in [-0.3, -0.25) is 0 Å². The zero-order valence-electron chi connectivity index (χ0n) is 12.4. The number of aromatic nitrogens is 4. The minimum absolute atomic E-state index is 0.264. The van der Waals surface area contributed by atoms with Crippen LogP contribution in [0.2, 0.25) is 0 Å². The molecule has 0 saturated carbocycles. The largest absolute Gasteiger partial charge is 0.439 e. The van der Waals surface area contributed by atoms with Crippen molar-refractivity contribution >= 4 is 0 Å². The van der Waals surface area contributed by atoms with Gasteiger partial charge < -0.3 is 9.73 Å². The van der Waals surface area contributed by atoms with Crippen LogP contribution in [0.1, 0.15) is 18.1 Å². The Hall–Kier alpha value is -2.54. The van der Waals surface area contributed by atoms with Crippen molar-refractivity contribution in [2.24, 2.45) is 0 Å². The molecule has 0 bridgehead atoms. The van der Waals surface area contributed by atoms with E-state index in [9.17, 15) is 4.39 Å². The molecule has 3 heterocycles. The third kappa shape index (κ3) is 3.00. The maximum absolute atomic E-state index is 12.9. The van der Waals surface area contributed by atoms with Crippen LogP contribution >= 0.6 is 0 Å². The molecule has 1 atom stereocenters. The van der Waals surface area contributed by atoms with Gasteiger partial charge in [0.1, 0.15) is 18.0 Å². The molecule has 7 heteroatoms. The number of oxazole rings is 1. The minimum atomic E-state index is -0.264. The highest BCUT2D eigenvalue weighted by molar-refractivity contribution is 5.55. The van der Waals surface area contributed by atoms with E-state index in [1.54, 1.807) is 24.7 Å². The molecule has 0 fully saturated rings. The lowest BCUT2D eigenvalue weighted by molar-refractivity contribution is 0.342. The fourth-order valence-electron chi connectivity index (χ4n) is 2.78. The smallest absolute Gasteiger partial charge is 0.208 e. The van der Waals surface area contributed by atoms with E-state index < -0.39 is 0 Å². The lowest BCUT2D eigenvalue weighted by atomic mass is 10.1. The van der Waals surface area contributed by atoms with Crippen molar-refractivity contribution in [1.29, 1.82) is 0 Å². The van der Waals surface area contributed by atoms with E-state index in [0.717, 1.165) is 30.8 Å². The molecule has 23 heavy (non-hydrogen) atoms. The maximum atomic E-state index is 12.9. The molecule has 2 aromatic heterocycles. The summed E-state index contributed by atoms with van der Waals surface area (Å²) in [6.45, 7) is 1.36. The van der Waals surface area contributed by atoms with Gasteiger partial charge in [0, 0.05) is 18.0 Å². The number of aryl methyl sites for hydroxylation is 1. The van der Waals surface area contributed by atoms with E-state index in [2.05, 4.69) is 20.4 Å². The van der Waals surface area contributed by atoms with Crippen LogP contribution in [0.15, 0.2) is 41.2 Å². The summed E-state index contributed by atoms with van der Waals surface area (Å²) in [4.78, 5) is 8.50. The quantitative estimate of drug-likeness (QED) is 0.799. The number of rotatable bonds is 4. The molecule has 6 nitrogen and oxygen atoms in total. The fraction of sp³-hybridized carbons (Fsp3) is 0.312. The van der Waals surface area contributed by atoms with E-state index in [1.807, 2.05) is 4.68 Å². The molecule has 1 aliphatic heterocycles. The van der Waals surface area contributed by atoms with E-state index in [4.69, 9.17) is 4.42 Å². The first-order chi connectivity index (χ1) is 11.3. The second kappa shape index (κ2) is 5.92. The molecule has 118 valence electrons. The van der Waals surface area contributed by atoms with Crippen molar-refractivity contribution in [3.05, 3.63) is 54.3 Å². The molecule has 1 N–H and O–H groups in total. The van der Waals surface area contributed by atoms with Crippen LogP contribution in [0.3, 0.4) is 0 Å². The molecule has 4 rings (SSSR count). The molecular formula is C16H16FN5O. The Balaban J connectivity index is 1.38. The molecule has 0 aliphatic carbocycles. The van der Waals surface area contributed by atoms with Crippen molar-refractivity contribution in [3.63, 3.8) is 0 Å². The van der Waals surface area contributed by atoms with Crippen LogP contribution in [-0.4, -0.2) is 25.8 Å². The Kier molecular flexibility index (Phi) is 3.63. The van der Waals surface area contributed by atoms with Crippen LogP contribution in [-0.2, 0) is 19.5 Å². The number of benzene rings is 1. The van der Waals surface area contributed by atoms with Gasteiger partial charge in [0.15, 0.2) is 5.76 Å². The van der Waals surface area contributed by atoms with Crippen molar-refractivity contribution in [2.75, 3.05) is 0 Å². The topological polar surface area (TPSA) is 68.8 Å². The SMILES string of the molecule is Fc1ccc(-c2cnc(CNC3CCc4ncnn4C3)o2)cc1. The Bertz CT molecular complexity index is 795. The summed E-state index contributed by atoms with van der Waals surface area (Å²) < 4.78 is 20.6. The predicted octanol–water partition coefficient (Wildman–Crippen LogP) is 2.18. The summed E-state index contributed by atoms with van der Waals surface area (Å²) >= 11 is 0. The lowest BCUT2D eigenvalue weighted by Crippen LogP contribution is -2.37. The van der Waals surface area contributed by atoms with E-state index in [1.165, 1.54) is 12.1 Å². The predicted molar refractivity (Wildman–Crippen MR) is 80.9 cm³/mol. The first kappa shape index (κ1) is 14.1. The van der Waals surface area contributed by atoms with Gasteiger partial charge in [0.05, 0.1) is 19.3 Å². The molecule has 0 amide bonds. The van der Waals surface area contributed by atoms with Crippen LogP contribution in [0.5, 0.6) is 0 Å². The standard InChI is InChI=1S/C16H16FN5O/c17-12-3-1-11(2-4-12)14-7-19-16(23-14)8-18-13-5-6-15-20-10-21-22(15)9-13/h1-4,7,10,13,18H,5-6,8-9H2. The van der Waals surface area contributed by atoms with E-state index in [0.29, 0.717) is 24.2 Å². The van der Waals surface area contributed by atoms with Crippen molar-refractivity contribution in [2.45, 2.75) is 32.0 Å². The third-order valence-electron chi connectivity index (χ3n) is 4.03. The van der Waals surface area contributed by atoms with Gasteiger partial charge in [-0.2, -0.15) is 5.10 Å². The molecular weight excluding hydrogens is 297 g/mol. The molecule has 0 spiro atoms. The highest BCUT2D eigenvalue weighted by Gasteiger charge is 2.19. The van der Waals surface area contributed by atoms with Crippen LogP contribution in [0.4, 0.5) is 4.39 Å². The summed E-state index contributed by atoms with van der Waals surface area (Å²) in [6.07, 6.45) is 5.20. The summed E-state index contributed by atoms with van der Waals surface area (Å²) in [7, 11) is 0. The monoisotopic (exact) mass is 313 g/mol. The van der Waals surface area contributed by atoms with Gasteiger partial charge in [-0.05, 0) is 30.7 Å². The highest BCUT2D eigenvalue weighted by atomic mass is 19.1. The Morgan fingerprint density at radius 2 is 2.13 bits per heavy atom. The summed E-state index contributed by atoms with van der Waals surface area (Å²) in [5.41, 5.74) is 0.815. The number of fused-ring (bicyclic) bond motifs is 1. The van der Waals surface area contributed by atoms with E-state index >= 15 is 0 Å². The zero-order valence-corrected chi connectivity index (χ0v) is 12.4. The second-order valence-corrected chi connectivity index (χ2v) is 5.60. The zero-order chi connectivity index (χ0) is 15.6. The average molecular weight is 313 g/mol. The highest BCUT2D eigenvalue weighted by Crippen LogP contribution is 2.21. The molecule has 1 aliphatic rings. The maximum Gasteiger partial charge on any atom is 0.208 e. The summed E-state index contributed by atoms with van der Waals surface area (Å²) in [6, 6.07) is 6.51. The molecule has 3 aromatic rings. The summed E-state index contributed by atoms with van der Waals surface area (Å²) in [5.74, 6) is 2.04. The number of halogens is 1. The molecule has 1 unspecified atom stereocenters. The molecule has 1 aromatic carbocycles. The van der Waals surface area contributed by atoms with Crippen molar-refractivity contribution < 1.29 is 8.81 Å². The van der Waals surface area contributed by atoms with Crippen LogP contribution < -0.4 is 5.32 Å². The third-order valence-corrected chi connectivity index (χ3v) is 4.03. The Morgan fingerprint density at radius 3 is 3.00 bits per heavy atom. The normalized spacial score (nSPS) is 17.2. The van der Waals surface area contributed by atoms with Crippen LogP contribution in [0.25, 0.3) is 11.3 Å². The first-order valence-corrected chi connectivity index (χ1v) is 7.58. The first-order valence-electron chi connectivity index (χ1n) is 7.58. The fourth-order valence-corrected chi connectivity index (χ4v) is 2.78. The van der Waals surface area contributed by atoms with Crippen LogP contribution in [0, 0.1) is 5.82 Å². The van der Waals surface area contributed by atoms with Crippen molar-refractivity contribution in [1.82, 2.24) is 25.1 Å². The second-order valence-electron chi connectivity index (χ2n) is 5.60. The van der Waals surface area contributed by atoms with Gasteiger partial charge >= 0.3 is 0 Å².